The van der Waals surface area contributed by atoms with Crippen LogP contribution in [-0.4, -0.2) is 14.8 Å². The minimum absolute atomic E-state index is 0.591. The van der Waals surface area contributed by atoms with E-state index in [9.17, 15) is 0 Å². The zero-order valence-corrected chi connectivity index (χ0v) is 32.1. The Hall–Kier alpha value is -6.72. The van der Waals surface area contributed by atoms with Crippen molar-refractivity contribution in [1.82, 2.24) is 14.8 Å². The van der Waals surface area contributed by atoms with E-state index in [0.29, 0.717) is 11.8 Å². The maximum absolute atomic E-state index is 7.02. The van der Waals surface area contributed by atoms with E-state index >= 15 is 0 Å². The van der Waals surface area contributed by atoms with Crippen LogP contribution in [0.2, 0.25) is 0 Å². The van der Waals surface area contributed by atoms with Crippen molar-refractivity contribution in [3.8, 4) is 28.3 Å². The standard InChI is InChI=1S/C52H42N4O/c1-34-14-12-15-35(2)50(34)38-29-41(55-33-44-36-25-26-37(28-36)51(44)54-55)32-43(30-38)57-42-19-13-16-39(31-42)52(49-24-10-11-27-53-49)45-20-6-8-22-47(45)56(40-17-4-3-5-18-40)48-23-9-7-21-46(48)52/h3-24,27,29-33,36-37H,25-26,28H2,1-2H3/t36-,37+/m0/s1. The highest BCUT2D eigenvalue weighted by molar-refractivity contribution is 5.89. The number of ether oxygens (including phenoxy) is 1. The fourth-order valence-electron chi connectivity index (χ4n) is 10.2. The first kappa shape index (κ1) is 33.6. The average Bonchev–Trinajstić information content (AvgIpc) is 3.99. The number of para-hydroxylation sites is 3. The third-order valence-corrected chi connectivity index (χ3v) is 12.6. The van der Waals surface area contributed by atoms with Crippen molar-refractivity contribution in [1.29, 1.82) is 0 Å². The van der Waals surface area contributed by atoms with E-state index in [1.165, 1.54) is 47.2 Å². The smallest absolute Gasteiger partial charge is 0.130 e. The molecule has 1 saturated carbocycles. The summed E-state index contributed by atoms with van der Waals surface area (Å²) in [6, 6.07) is 56.1. The number of benzene rings is 6. The Bertz CT molecular complexity index is 2710. The summed E-state index contributed by atoms with van der Waals surface area (Å²) in [5, 5.41) is 5.21. The van der Waals surface area contributed by atoms with Crippen molar-refractivity contribution in [2.75, 3.05) is 4.90 Å². The maximum atomic E-state index is 7.02. The number of aryl methyl sites for hydroxylation is 2. The van der Waals surface area contributed by atoms with Crippen molar-refractivity contribution in [3.05, 3.63) is 215 Å². The van der Waals surface area contributed by atoms with Gasteiger partial charge in [-0.1, -0.05) is 91.0 Å². The van der Waals surface area contributed by atoms with Gasteiger partial charge in [0.25, 0.3) is 0 Å². The minimum atomic E-state index is -0.737. The van der Waals surface area contributed by atoms with Gasteiger partial charge >= 0.3 is 0 Å². The summed E-state index contributed by atoms with van der Waals surface area (Å²) < 4.78 is 9.12. The first-order chi connectivity index (χ1) is 28.1. The second-order valence-corrected chi connectivity index (χ2v) is 15.9. The first-order valence-electron chi connectivity index (χ1n) is 20.1. The van der Waals surface area contributed by atoms with Gasteiger partial charge < -0.3 is 9.64 Å². The lowest BCUT2D eigenvalue weighted by Crippen LogP contribution is -2.38. The van der Waals surface area contributed by atoms with Crippen molar-refractivity contribution >= 4 is 17.1 Å². The van der Waals surface area contributed by atoms with E-state index in [2.05, 4.69) is 181 Å². The van der Waals surface area contributed by atoms with Gasteiger partial charge in [0.05, 0.1) is 33.9 Å². The average molecular weight is 739 g/mol. The van der Waals surface area contributed by atoms with Gasteiger partial charge in [-0.25, -0.2) is 4.68 Å². The molecule has 3 heterocycles. The van der Waals surface area contributed by atoms with Crippen LogP contribution >= 0.6 is 0 Å². The normalized spacial score (nSPS) is 17.2. The van der Waals surface area contributed by atoms with Crippen LogP contribution < -0.4 is 9.64 Å². The third-order valence-electron chi connectivity index (χ3n) is 12.6. The summed E-state index contributed by atoms with van der Waals surface area (Å²) in [4.78, 5) is 7.51. The van der Waals surface area contributed by atoms with E-state index in [1.807, 2.05) is 12.3 Å². The predicted octanol–water partition coefficient (Wildman–Crippen LogP) is 12.9. The van der Waals surface area contributed by atoms with Crippen LogP contribution in [0.3, 0.4) is 0 Å². The fourth-order valence-corrected chi connectivity index (χ4v) is 10.2. The van der Waals surface area contributed by atoms with E-state index in [4.69, 9.17) is 14.8 Å². The van der Waals surface area contributed by atoms with E-state index in [0.717, 1.165) is 62.2 Å². The van der Waals surface area contributed by atoms with Crippen molar-refractivity contribution in [3.63, 3.8) is 0 Å². The molecular formula is C52H42N4O. The monoisotopic (exact) mass is 738 g/mol. The number of hydrogen-bond acceptors (Lipinski definition) is 4. The molecule has 8 aromatic rings. The van der Waals surface area contributed by atoms with Gasteiger partial charge in [-0.05, 0) is 144 Å². The number of pyridine rings is 1. The molecule has 0 saturated heterocycles. The molecule has 0 spiro atoms. The molecule has 0 radical (unpaired) electrons. The van der Waals surface area contributed by atoms with Crippen LogP contribution in [0.5, 0.6) is 11.5 Å². The Balaban J connectivity index is 1.08. The zero-order valence-electron chi connectivity index (χ0n) is 32.1. The lowest BCUT2D eigenvalue weighted by Gasteiger charge is -2.45. The molecule has 0 N–H and O–H groups in total. The topological polar surface area (TPSA) is 43.2 Å². The Labute approximate surface area is 333 Å². The predicted molar refractivity (Wildman–Crippen MR) is 229 cm³/mol. The quantitative estimate of drug-likeness (QED) is 0.163. The molecule has 5 nitrogen and oxygen atoms in total. The van der Waals surface area contributed by atoms with Crippen molar-refractivity contribution < 1.29 is 4.74 Å². The van der Waals surface area contributed by atoms with E-state index in [-0.39, 0.29) is 0 Å². The summed E-state index contributed by atoms with van der Waals surface area (Å²) in [6.07, 6.45) is 7.96. The molecule has 2 bridgehead atoms. The number of anilines is 3. The van der Waals surface area contributed by atoms with Gasteiger partial charge in [0.15, 0.2) is 0 Å². The molecule has 3 aliphatic rings. The Morgan fingerprint density at radius 1 is 0.614 bits per heavy atom. The van der Waals surface area contributed by atoms with Crippen LogP contribution in [0.1, 0.15) is 75.9 Å². The van der Waals surface area contributed by atoms with Crippen molar-refractivity contribution in [2.24, 2.45) is 0 Å². The highest BCUT2D eigenvalue weighted by Gasteiger charge is 2.47. The molecule has 2 aromatic heterocycles. The highest BCUT2D eigenvalue weighted by atomic mass is 16.5. The Kier molecular flexibility index (Phi) is 7.78. The third kappa shape index (κ3) is 5.29. The summed E-state index contributed by atoms with van der Waals surface area (Å²) in [5.41, 5.74) is 15.5. The molecule has 1 fully saturated rings. The molecule has 276 valence electrons. The lowest BCUT2D eigenvalue weighted by molar-refractivity contribution is 0.480. The van der Waals surface area contributed by atoms with Gasteiger partial charge in [-0.15, -0.1) is 0 Å². The van der Waals surface area contributed by atoms with Gasteiger partial charge in [0, 0.05) is 30.1 Å². The molecule has 0 unspecified atom stereocenters. The lowest BCUT2D eigenvalue weighted by atomic mass is 9.64. The van der Waals surface area contributed by atoms with Crippen LogP contribution in [0, 0.1) is 13.8 Å². The molecule has 2 aliphatic carbocycles. The van der Waals surface area contributed by atoms with E-state index < -0.39 is 5.41 Å². The fraction of sp³-hybridized carbons (Fsp3) is 0.154. The minimum Gasteiger partial charge on any atom is -0.457 e. The summed E-state index contributed by atoms with van der Waals surface area (Å²) in [7, 11) is 0. The first-order valence-corrected chi connectivity index (χ1v) is 20.1. The Morgan fingerprint density at radius 3 is 2.05 bits per heavy atom. The summed E-state index contributed by atoms with van der Waals surface area (Å²) in [6.45, 7) is 4.38. The van der Waals surface area contributed by atoms with Crippen LogP contribution in [0.15, 0.2) is 170 Å². The summed E-state index contributed by atoms with van der Waals surface area (Å²) in [5.74, 6) is 2.76. The summed E-state index contributed by atoms with van der Waals surface area (Å²) >= 11 is 0. The molecule has 6 aromatic carbocycles. The molecule has 11 rings (SSSR count). The van der Waals surface area contributed by atoms with Gasteiger partial charge in [0.1, 0.15) is 11.5 Å². The SMILES string of the molecule is Cc1cccc(C)c1-c1cc(Oc2cccc(C3(c4ccccn4)c4ccccc4N(c4ccccc4)c4ccccc43)c2)cc(-n2cc3c(n2)[C@@H]2CC[C@H]3C2)c1. The molecule has 1 aliphatic heterocycles. The number of nitrogens with zero attached hydrogens (tertiary/aromatic N) is 4. The highest BCUT2D eigenvalue weighted by Crippen LogP contribution is 2.57. The van der Waals surface area contributed by atoms with E-state index in [1.54, 1.807) is 0 Å². The van der Waals surface area contributed by atoms with Crippen LogP contribution in [-0.2, 0) is 5.41 Å². The molecule has 5 heteroatoms. The Morgan fingerprint density at radius 2 is 1.32 bits per heavy atom. The second kappa shape index (κ2) is 13.2. The molecule has 57 heavy (non-hydrogen) atoms. The number of rotatable bonds is 7. The van der Waals surface area contributed by atoms with Crippen LogP contribution in [0.25, 0.3) is 16.8 Å². The molecule has 2 atom stereocenters. The number of hydrogen-bond donors (Lipinski definition) is 0. The van der Waals surface area contributed by atoms with Gasteiger partial charge in [-0.3, -0.25) is 4.98 Å². The molecule has 0 amide bonds. The van der Waals surface area contributed by atoms with Crippen molar-refractivity contribution in [2.45, 2.75) is 50.4 Å². The second-order valence-electron chi connectivity index (χ2n) is 15.9. The zero-order chi connectivity index (χ0) is 38.1. The van der Waals surface area contributed by atoms with Gasteiger partial charge in [0.2, 0.25) is 0 Å². The largest absolute Gasteiger partial charge is 0.457 e. The molecular weight excluding hydrogens is 697 g/mol. The number of fused-ring (bicyclic) bond motifs is 7. The van der Waals surface area contributed by atoms with Crippen LogP contribution in [0.4, 0.5) is 17.1 Å². The maximum Gasteiger partial charge on any atom is 0.130 e. The number of aromatic nitrogens is 3. The van der Waals surface area contributed by atoms with Gasteiger partial charge in [-0.2, -0.15) is 5.10 Å².